The molecule has 12 heteroatoms. The molecular weight excluding hydrogens is 593 g/mol. The molecule has 6 aliphatic rings. The first-order chi connectivity index (χ1) is 20.2. The zero-order valence-electron chi connectivity index (χ0n) is 28.4. The number of nitrogens with zero attached hydrogens (tertiary/aromatic N) is 3. The number of carbonyl (C=O) groups is 7. The third-order valence-electron chi connectivity index (χ3n) is 10.0. The summed E-state index contributed by atoms with van der Waals surface area (Å²) in [5.74, 6) is -0.512. The van der Waals surface area contributed by atoms with Crippen molar-refractivity contribution in [3.8, 4) is 0 Å². The van der Waals surface area contributed by atoms with Gasteiger partial charge in [-0.2, -0.15) is 0 Å². The zero-order chi connectivity index (χ0) is 32.5. The quantitative estimate of drug-likeness (QED) is 0.222. The van der Waals surface area contributed by atoms with Gasteiger partial charge in [0.05, 0.1) is 18.0 Å². The van der Waals surface area contributed by atoms with Crippen LogP contribution in [0.5, 0.6) is 0 Å². The Kier molecular flexibility index (Phi) is 13.9. The molecule has 0 aromatic rings. The maximum atomic E-state index is 11.8. The minimum Gasteiger partial charge on any atom is -1.00 e. The molecule has 0 aromatic carbocycles. The molecular formula is C32H46KN3O8. The summed E-state index contributed by atoms with van der Waals surface area (Å²) < 4.78 is 0. The van der Waals surface area contributed by atoms with Crippen LogP contribution in [0.15, 0.2) is 23.3 Å². The van der Waals surface area contributed by atoms with Gasteiger partial charge in [-0.25, -0.2) is 0 Å². The van der Waals surface area contributed by atoms with E-state index in [1.54, 1.807) is 25.8 Å². The number of piperidine rings is 3. The van der Waals surface area contributed by atoms with Crippen molar-refractivity contribution in [3.63, 3.8) is 0 Å². The molecule has 0 spiro atoms. The first-order valence-electron chi connectivity index (χ1n) is 14.9. The molecule has 11 nitrogen and oxygen atoms in total. The number of Topliss-reactive ketones (excluding diaryl/α,β-unsaturated/α-hetero) is 5. The van der Waals surface area contributed by atoms with Crippen LogP contribution < -0.4 is 51.4 Å². The van der Waals surface area contributed by atoms with Gasteiger partial charge in [0.15, 0.2) is 11.6 Å². The van der Waals surface area contributed by atoms with E-state index in [4.69, 9.17) is 9.90 Å². The first kappa shape index (κ1) is 38.7. The summed E-state index contributed by atoms with van der Waals surface area (Å²) in [7, 11) is 5.66. The molecule has 3 heterocycles. The van der Waals surface area contributed by atoms with Crippen LogP contribution in [0.1, 0.15) is 61.7 Å². The number of carboxylic acid groups (broad SMARTS) is 1. The number of fused-ring (bicyclic) bond motifs is 6. The van der Waals surface area contributed by atoms with Gasteiger partial charge >= 0.3 is 57.4 Å². The summed E-state index contributed by atoms with van der Waals surface area (Å²) >= 11 is 0. The molecule has 0 radical (unpaired) electrons. The second-order valence-electron chi connectivity index (χ2n) is 12.2. The minimum atomic E-state index is -0.886. The molecule has 44 heavy (non-hydrogen) atoms. The largest absolute Gasteiger partial charge is 1.00 e. The topological polar surface area (TPSA) is 149 Å². The summed E-state index contributed by atoms with van der Waals surface area (Å²) in [6.07, 6.45) is 7.51. The Morgan fingerprint density at radius 3 is 1.45 bits per heavy atom. The second-order valence-corrected chi connectivity index (χ2v) is 12.2. The van der Waals surface area contributed by atoms with Crippen molar-refractivity contribution in [1.82, 2.24) is 14.7 Å². The van der Waals surface area contributed by atoms with Crippen molar-refractivity contribution in [3.05, 3.63) is 23.3 Å². The van der Waals surface area contributed by atoms with Gasteiger partial charge in [0.2, 0.25) is 0 Å². The Bertz CT molecular complexity index is 1200. The third kappa shape index (κ3) is 7.07. The Hall–Kier alpha value is -1.51. The Morgan fingerprint density at radius 1 is 0.727 bits per heavy atom. The number of hydrogen-bond donors (Lipinski definition) is 1. The van der Waals surface area contributed by atoms with Gasteiger partial charge in [-0.3, -0.25) is 43.5 Å². The van der Waals surface area contributed by atoms with Crippen LogP contribution in [0.4, 0.5) is 0 Å². The van der Waals surface area contributed by atoms with Crippen molar-refractivity contribution in [1.29, 1.82) is 0 Å². The van der Waals surface area contributed by atoms with Crippen LogP contribution in [0, 0.1) is 17.8 Å². The number of likely N-dealkylation sites (tertiary alicyclic amines) is 3. The Morgan fingerprint density at radius 2 is 1.11 bits per heavy atom. The van der Waals surface area contributed by atoms with Crippen LogP contribution in [0.3, 0.4) is 0 Å². The molecule has 3 saturated heterocycles. The van der Waals surface area contributed by atoms with E-state index >= 15 is 0 Å². The van der Waals surface area contributed by atoms with Crippen molar-refractivity contribution in [2.45, 2.75) is 96.6 Å². The van der Waals surface area contributed by atoms with E-state index in [1.165, 1.54) is 6.92 Å². The average Bonchev–Trinajstić information content (AvgIpc) is 3.75. The van der Waals surface area contributed by atoms with Gasteiger partial charge in [-0.15, -0.1) is 0 Å². The molecule has 1 N–H and O–H groups in total. The number of allylic oxidation sites excluding steroid dienone is 2. The molecule has 0 aromatic heterocycles. The summed E-state index contributed by atoms with van der Waals surface area (Å²) in [6.45, 7) is 8.32. The van der Waals surface area contributed by atoms with Crippen LogP contribution in [0.2, 0.25) is 0 Å². The molecule has 3 saturated carbocycles. The number of likely N-dealkylation sites (N-methyl/N-ethyl adjacent to an activating group) is 3. The normalized spacial score (nSPS) is 36.7. The van der Waals surface area contributed by atoms with Crippen LogP contribution >= 0.6 is 0 Å². The first-order valence-corrected chi connectivity index (χ1v) is 14.9. The number of hydrogen-bond acceptors (Lipinski definition) is 10. The average molecular weight is 640 g/mol. The predicted molar refractivity (Wildman–Crippen MR) is 159 cm³/mol. The van der Waals surface area contributed by atoms with Crippen LogP contribution in [0.25, 0.3) is 0 Å². The van der Waals surface area contributed by atoms with E-state index in [0.717, 1.165) is 30.3 Å². The minimum absolute atomic E-state index is 0. The Balaban J connectivity index is 0.000000317. The molecule has 0 amide bonds. The van der Waals surface area contributed by atoms with E-state index in [2.05, 4.69) is 4.90 Å². The van der Waals surface area contributed by atoms with Gasteiger partial charge in [0.25, 0.3) is 0 Å². The molecule has 238 valence electrons. The van der Waals surface area contributed by atoms with Gasteiger partial charge < -0.3 is 11.3 Å². The molecule has 3 aliphatic carbocycles. The fourth-order valence-corrected chi connectivity index (χ4v) is 8.15. The summed E-state index contributed by atoms with van der Waals surface area (Å²) in [5, 5.41) is 8.97. The van der Waals surface area contributed by atoms with E-state index in [-0.39, 0.29) is 118 Å². The van der Waals surface area contributed by atoms with Gasteiger partial charge in [-0.05, 0) is 75.0 Å². The van der Waals surface area contributed by atoms with E-state index in [1.807, 2.05) is 45.0 Å². The molecule has 3 aliphatic heterocycles. The number of ketones is 5. The van der Waals surface area contributed by atoms with Crippen molar-refractivity contribution >= 4 is 41.2 Å². The number of carboxylic acids is 1. The fourth-order valence-electron chi connectivity index (χ4n) is 8.15. The molecule has 6 rings (SSSR count). The van der Waals surface area contributed by atoms with Gasteiger partial charge in [0, 0.05) is 47.5 Å². The smallest absolute Gasteiger partial charge is 1.00 e. The number of rotatable bonds is 3. The number of carbonyl (C=O) groups excluding carboxylic acids is 6. The molecule has 9 atom stereocenters. The van der Waals surface area contributed by atoms with Crippen molar-refractivity contribution in [2.75, 3.05) is 21.1 Å². The number of aldehydes is 1. The maximum absolute atomic E-state index is 11.8. The summed E-state index contributed by atoms with van der Waals surface area (Å²) in [6, 6.07) is -0.343. The molecule has 3 unspecified atom stereocenters. The second kappa shape index (κ2) is 15.9. The third-order valence-corrected chi connectivity index (χ3v) is 10.0. The SMILES string of the molecule is C/C=C1/C(=O)[C@H]2C[C@@H]1N(C)C2C(=O)O.C/C=C1/C(=O)[C@H]2C[C@@H]1N(C)C2C(C)=O.CC(=O)C1[C@@H]2C[C@@H](CC2=O)N1C.CC=O.[H-].[K+]. The van der Waals surface area contributed by atoms with Crippen molar-refractivity contribution in [2.24, 2.45) is 17.8 Å². The van der Waals surface area contributed by atoms with Crippen LogP contribution in [-0.2, 0) is 33.6 Å². The van der Waals surface area contributed by atoms with Gasteiger partial charge in [0.1, 0.15) is 29.7 Å². The van der Waals surface area contributed by atoms with Crippen molar-refractivity contribution < 1.29 is 91.5 Å². The summed E-state index contributed by atoms with van der Waals surface area (Å²) in [5.41, 5.74) is 1.69. The van der Waals surface area contributed by atoms with Crippen LogP contribution in [-0.4, -0.2) is 118 Å². The summed E-state index contributed by atoms with van der Waals surface area (Å²) in [4.78, 5) is 83.0. The standard InChI is InChI=1S/C11H15NO2.C10H13NO3.C9H13NO2.C2H4O.K.H/c1-4-7-9-5-8(11(7)14)10(6(2)13)12(9)3;1-3-5-7-4-6(9(5)12)8(10(13)14)11(7)2;1-5(11)9-7-3-6(10(9)2)4-8(7)12;1-2-3;;/h4,8-10H,5H2,1-3H3;3,6-8H,4H2,1-2H3,(H,13,14);6-7,9H,3-4H2,1-2H3;2H,1H3;;/q;;;;+1;-1/b7-4+;5-3+;;;;/t8-,9-,10?;6-,7-,8?;6-,7+,9?;;;/m000.../s1. The van der Waals surface area contributed by atoms with E-state index in [0.29, 0.717) is 24.7 Å². The van der Waals surface area contributed by atoms with E-state index < -0.39 is 12.0 Å². The maximum Gasteiger partial charge on any atom is 1.00 e. The van der Waals surface area contributed by atoms with E-state index in [9.17, 15) is 28.8 Å². The zero-order valence-corrected chi connectivity index (χ0v) is 30.5. The fraction of sp³-hybridized carbons (Fsp3) is 0.656. The van der Waals surface area contributed by atoms with Gasteiger partial charge in [-0.1, -0.05) is 12.2 Å². The number of aliphatic carboxylic acids is 1. The molecule has 6 fully saturated rings. The predicted octanol–water partition coefficient (Wildman–Crippen LogP) is -1.36. The Labute approximate surface area is 303 Å². The molecule has 6 bridgehead atoms. The monoisotopic (exact) mass is 639 g/mol.